The number of hydrogen-bond donors (Lipinski definition) is 2. The van der Waals surface area contributed by atoms with Crippen LogP contribution in [0, 0.1) is 0 Å². The Morgan fingerprint density at radius 1 is 1.14 bits per heavy atom. The fourth-order valence-corrected chi connectivity index (χ4v) is 3.94. The number of fused-ring (bicyclic) bond motifs is 3. The third-order valence-corrected chi connectivity index (χ3v) is 5.45. The number of anilines is 2. The molecule has 2 aromatic rings. The van der Waals surface area contributed by atoms with Crippen molar-refractivity contribution in [3.8, 4) is 0 Å². The Morgan fingerprint density at radius 2 is 1.89 bits per heavy atom. The van der Waals surface area contributed by atoms with Crippen molar-refractivity contribution in [1.82, 2.24) is 5.32 Å². The summed E-state index contributed by atoms with van der Waals surface area (Å²) in [6.45, 7) is 2.15. The van der Waals surface area contributed by atoms with E-state index in [0.29, 0.717) is 16.9 Å². The van der Waals surface area contributed by atoms with Gasteiger partial charge in [-0.3, -0.25) is 19.3 Å². The maximum absolute atomic E-state index is 13.2. The van der Waals surface area contributed by atoms with Crippen LogP contribution in [0.25, 0.3) is 0 Å². The van der Waals surface area contributed by atoms with Gasteiger partial charge in [-0.2, -0.15) is 0 Å². The van der Waals surface area contributed by atoms with Crippen molar-refractivity contribution >= 4 is 29.1 Å². The highest BCUT2D eigenvalue weighted by Gasteiger charge is 2.56. The van der Waals surface area contributed by atoms with Gasteiger partial charge in [0.1, 0.15) is 0 Å². The average molecular weight is 377 g/mol. The lowest BCUT2D eigenvalue weighted by Gasteiger charge is -2.41. The zero-order valence-electron chi connectivity index (χ0n) is 15.8. The first kappa shape index (κ1) is 18.2. The summed E-state index contributed by atoms with van der Waals surface area (Å²) in [5, 5.41) is 5.67. The average Bonchev–Trinajstić information content (AvgIpc) is 3.05. The second kappa shape index (κ2) is 7.11. The molecule has 6 nitrogen and oxygen atoms in total. The van der Waals surface area contributed by atoms with Crippen molar-refractivity contribution in [2.45, 2.75) is 44.7 Å². The van der Waals surface area contributed by atoms with Crippen LogP contribution in [0.3, 0.4) is 0 Å². The lowest BCUT2D eigenvalue weighted by molar-refractivity contribution is -0.124. The van der Waals surface area contributed by atoms with Crippen LogP contribution in [0.15, 0.2) is 48.5 Å². The number of hydrogen-bond acceptors (Lipinski definition) is 3. The standard InChI is InChI=1S/C22H23N3O3/c1-2-3-6-15-9-11-16(12-10-15)23-21(28)22-14-13-19(26)25(22)18-8-5-4-7-17(18)20(27)24-22/h4-5,7-12H,2-3,6,13-14H2,1H3,(H,23,28)(H,24,27). The maximum atomic E-state index is 13.2. The second-order valence-corrected chi connectivity index (χ2v) is 7.32. The number of carbonyl (C=O) groups is 3. The number of carbonyl (C=O) groups excluding carboxylic acids is 3. The number of unbranched alkanes of at least 4 members (excludes halogenated alkanes) is 1. The molecule has 28 heavy (non-hydrogen) atoms. The molecule has 0 bridgehead atoms. The molecule has 0 saturated carbocycles. The molecule has 2 aromatic carbocycles. The van der Waals surface area contributed by atoms with Crippen LogP contribution >= 0.6 is 0 Å². The lowest BCUT2D eigenvalue weighted by atomic mass is 9.98. The molecule has 0 aromatic heterocycles. The fraction of sp³-hybridized carbons (Fsp3) is 0.318. The van der Waals surface area contributed by atoms with E-state index in [1.807, 2.05) is 24.3 Å². The Morgan fingerprint density at radius 3 is 2.64 bits per heavy atom. The topological polar surface area (TPSA) is 78.5 Å². The van der Waals surface area contributed by atoms with Crippen LogP contribution in [0.1, 0.15) is 48.5 Å². The third kappa shape index (κ3) is 2.95. The second-order valence-electron chi connectivity index (χ2n) is 7.32. The molecule has 1 saturated heterocycles. The molecule has 2 aliphatic heterocycles. The normalized spacial score (nSPS) is 20.4. The van der Waals surface area contributed by atoms with E-state index in [1.165, 1.54) is 10.5 Å². The summed E-state index contributed by atoms with van der Waals surface area (Å²) in [6, 6.07) is 14.6. The molecule has 3 amide bonds. The lowest BCUT2D eigenvalue weighted by Crippen LogP contribution is -2.68. The molecular formula is C22H23N3O3. The summed E-state index contributed by atoms with van der Waals surface area (Å²) in [5.41, 5.74) is 1.37. The number of benzene rings is 2. The smallest absolute Gasteiger partial charge is 0.271 e. The molecule has 0 aliphatic carbocycles. The summed E-state index contributed by atoms with van der Waals surface area (Å²) in [4.78, 5) is 39.8. The summed E-state index contributed by atoms with van der Waals surface area (Å²) in [6.07, 6.45) is 3.71. The number of nitrogens with zero attached hydrogens (tertiary/aromatic N) is 1. The predicted molar refractivity (Wildman–Crippen MR) is 107 cm³/mol. The van der Waals surface area contributed by atoms with Gasteiger partial charge in [-0.1, -0.05) is 37.6 Å². The largest absolute Gasteiger partial charge is 0.322 e. The van der Waals surface area contributed by atoms with Crippen molar-refractivity contribution < 1.29 is 14.4 Å². The highest BCUT2D eigenvalue weighted by molar-refractivity contribution is 6.18. The first-order chi connectivity index (χ1) is 13.5. The van der Waals surface area contributed by atoms with Gasteiger partial charge in [0.05, 0.1) is 11.3 Å². The molecule has 2 N–H and O–H groups in total. The van der Waals surface area contributed by atoms with Gasteiger partial charge in [0.2, 0.25) is 11.6 Å². The minimum Gasteiger partial charge on any atom is -0.322 e. The molecule has 2 heterocycles. The highest BCUT2D eigenvalue weighted by atomic mass is 16.2. The number of rotatable bonds is 5. The Labute approximate surface area is 163 Å². The molecule has 144 valence electrons. The maximum Gasteiger partial charge on any atom is 0.271 e. The van der Waals surface area contributed by atoms with E-state index in [4.69, 9.17) is 0 Å². The Balaban J connectivity index is 1.61. The van der Waals surface area contributed by atoms with Crippen molar-refractivity contribution in [3.05, 3.63) is 59.7 Å². The van der Waals surface area contributed by atoms with Crippen LogP contribution < -0.4 is 15.5 Å². The van der Waals surface area contributed by atoms with Crippen LogP contribution in [0.4, 0.5) is 11.4 Å². The van der Waals surface area contributed by atoms with Crippen LogP contribution in [-0.2, 0) is 16.0 Å². The molecule has 6 heteroatoms. The predicted octanol–water partition coefficient (Wildman–Crippen LogP) is 3.23. The van der Waals surface area contributed by atoms with Crippen LogP contribution in [0.5, 0.6) is 0 Å². The Hall–Kier alpha value is -3.15. The minimum absolute atomic E-state index is 0.169. The van der Waals surface area contributed by atoms with Gasteiger partial charge in [0, 0.05) is 18.5 Å². The van der Waals surface area contributed by atoms with Crippen LogP contribution in [-0.4, -0.2) is 23.4 Å². The van der Waals surface area contributed by atoms with Crippen molar-refractivity contribution in [2.75, 3.05) is 10.2 Å². The molecule has 4 rings (SSSR count). The van der Waals surface area contributed by atoms with Gasteiger partial charge >= 0.3 is 0 Å². The summed E-state index contributed by atoms with van der Waals surface area (Å²) in [5.74, 6) is -0.911. The number of nitrogens with one attached hydrogen (secondary N) is 2. The zero-order valence-corrected chi connectivity index (χ0v) is 15.8. The number of aryl methyl sites for hydroxylation is 1. The third-order valence-electron chi connectivity index (χ3n) is 5.45. The number of para-hydroxylation sites is 1. The van der Waals surface area contributed by atoms with Gasteiger partial charge in [-0.05, 0) is 42.7 Å². The summed E-state index contributed by atoms with van der Waals surface area (Å²) >= 11 is 0. The van der Waals surface area contributed by atoms with E-state index >= 15 is 0 Å². The summed E-state index contributed by atoms with van der Waals surface area (Å²) in [7, 11) is 0. The van der Waals surface area contributed by atoms with E-state index in [9.17, 15) is 14.4 Å². The van der Waals surface area contributed by atoms with Crippen molar-refractivity contribution in [1.29, 1.82) is 0 Å². The van der Waals surface area contributed by atoms with Crippen molar-refractivity contribution in [2.24, 2.45) is 0 Å². The van der Waals surface area contributed by atoms with E-state index < -0.39 is 11.6 Å². The van der Waals surface area contributed by atoms with Gasteiger partial charge in [0.25, 0.3) is 11.8 Å². The SMILES string of the molecule is CCCCc1ccc(NC(=O)C23CCC(=O)N2c2ccccc2C(=O)N3)cc1. The van der Waals surface area contributed by atoms with Gasteiger partial charge in [0.15, 0.2) is 0 Å². The van der Waals surface area contributed by atoms with Gasteiger partial charge in [-0.25, -0.2) is 0 Å². The van der Waals surface area contributed by atoms with Crippen molar-refractivity contribution in [3.63, 3.8) is 0 Å². The minimum atomic E-state index is -1.39. The van der Waals surface area contributed by atoms with E-state index in [1.54, 1.807) is 24.3 Å². The summed E-state index contributed by atoms with van der Waals surface area (Å²) < 4.78 is 0. The van der Waals surface area contributed by atoms with E-state index in [-0.39, 0.29) is 24.7 Å². The molecule has 0 radical (unpaired) electrons. The van der Waals surface area contributed by atoms with Gasteiger partial charge < -0.3 is 10.6 Å². The fourth-order valence-electron chi connectivity index (χ4n) is 3.94. The van der Waals surface area contributed by atoms with E-state index in [2.05, 4.69) is 17.6 Å². The Kier molecular flexibility index (Phi) is 4.63. The first-order valence-electron chi connectivity index (χ1n) is 9.70. The van der Waals surface area contributed by atoms with Crippen LogP contribution in [0.2, 0.25) is 0 Å². The first-order valence-corrected chi connectivity index (χ1v) is 9.70. The zero-order chi connectivity index (χ0) is 19.7. The Bertz CT molecular complexity index is 938. The van der Waals surface area contributed by atoms with Gasteiger partial charge in [-0.15, -0.1) is 0 Å². The molecule has 1 unspecified atom stereocenters. The molecule has 1 atom stereocenters. The highest BCUT2D eigenvalue weighted by Crippen LogP contribution is 2.39. The monoisotopic (exact) mass is 377 g/mol. The van der Waals surface area contributed by atoms with E-state index in [0.717, 1.165) is 19.3 Å². The molecule has 1 fully saturated rings. The molecule has 2 aliphatic rings. The molecule has 0 spiro atoms. The quantitative estimate of drug-likeness (QED) is 0.840. The molecular weight excluding hydrogens is 354 g/mol. The number of amides is 3.